The van der Waals surface area contributed by atoms with Crippen LogP contribution >= 0.6 is 0 Å². The molecule has 2 rings (SSSR count). The standard InChI is InChI=1S/C19H31NO/c1-15(2)13-16-9-11-17(12-10-16)19(14-21)20-18-7-5-3-4-6-8-18/h9-12,15,18-21H,3-8,13-14H2,1-2H3. The third-order valence-corrected chi connectivity index (χ3v) is 4.50. The maximum absolute atomic E-state index is 9.73. The zero-order valence-electron chi connectivity index (χ0n) is 13.6. The van der Waals surface area contributed by atoms with Crippen molar-refractivity contribution in [2.24, 2.45) is 5.92 Å². The summed E-state index contributed by atoms with van der Waals surface area (Å²) in [5, 5.41) is 13.4. The Morgan fingerprint density at radius 2 is 1.67 bits per heavy atom. The van der Waals surface area contributed by atoms with E-state index < -0.39 is 0 Å². The first-order valence-electron chi connectivity index (χ1n) is 8.64. The van der Waals surface area contributed by atoms with Gasteiger partial charge in [-0.25, -0.2) is 0 Å². The monoisotopic (exact) mass is 289 g/mol. The van der Waals surface area contributed by atoms with Crippen molar-refractivity contribution in [3.05, 3.63) is 35.4 Å². The van der Waals surface area contributed by atoms with Gasteiger partial charge in [0.15, 0.2) is 0 Å². The Labute approximate surface area is 130 Å². The summed E-state index contributed by atoms with van der Waals surface area (Å²) < 4.78 is 0. The second kappa shape index (κ2) is 8.55. The number of nitrogens with one attached hydrogen (secondary N) is 1. The van der Waals surface area contributed by atoms with Gasteiger partial charge in [0.05, 0.1) is 12.6 Å². The van der Waals surface area contributed by atoms with Gasteiger partial charge in [-0.05, 0) is 36.3 Å². The highest BCUT2D eigenvalue weighted by Crippen LogP contribution is 2.22. The normalized spacial score (nSPS) is 18.7. The van der Waals surface area contributed by atoms with E-state index in [4.69, 9.17) is 0 Å². The molecule has 0 saturated heterocycles. The molecule has 0 radical (unpaired) electrons. The highest BCUT2D eigenvalue weighted by Gasteiger charge is 2.17. The summed E-state index contributed by atoms with van der Waals surface area (Å²) in [4.78, 5) is 0. The Bertz CT molecular complexity index is 391. The van der Waals surface area contributed by atoms with Gasteiger partial charge in [0, 0.05) is 6.04 Å². The third kappa shape index (κ3) is 5.44. The molecule has 21 heavy (non-hydrogen) atoms. The van der Waals surface area contributed by atoms with Crippen LogP contribution in [0.2, 0.25) is 0 Å². The molecule has 0 amide bonds. The summed E-state index contributed by atoms with van der Waals surface area (Å²) in [6.07, 6.45) is 9.01. The molecule has 2 N–H and O–H groups in total. The molecule has 0 aliphatic heterocycles. The third-order valence-electron chi connectivity index (χ3n) is 4.50. The molecule has 0 bridgehead atoms. The van der Waals surface area contributed by atoms with E-state index in [9.17, 15) is 5.11 Å². The van der Waals surface area contributed by atoms with Crippen LogP contribution in [0.4, 0.5) is 0 Å². The Morgan fingerprint density at radius 1 is 1.05 bits per heavy atom. The fraction of sp³-hybridized carbons (Fsp3) is 0.684. The van der Waals surface area contributed by atoms with Crippen LogP contribution in [-0.4, -0.2) is 17.8 Å². The molecule has 2 nitrogen and oxygen atoms in total. The fourth-order valence-corrected chi connectivity index (χ4v) is 3.34. The minimum absolute atomic E-state index is 0.0844. The summed E-state index contributed by atoms with van der Waals surface area (Å²) in [5.74, 6) is 0.689. The smallest absolute Gasteiger partial charge is 0.0626 e. The second-order valence-electron chi connectivity index (χ2n) is 6.93. The Morgan fingerprint density at radius 3 is 2.19 bits per heavy atom. The fourth-order valence-electron chi connectivity index (χ4n) is 3.34. The van der Waals surface area contributed by atoms with E-state index in [1.807, 2.05) is 0 Å². The molecule has 1 aliphatic carbocycles. The minimum Gasteiger partial charge on any atom is -0.394 e. The topological polar surface area (TPSA) is 32.3 Å². The molecule has 0 aromatic heterocycles. The quantitative estimate of drug-likeness (QED) is 0.768. The van der Waals surface area contributed by atoms with E-state index in [2.05, 4.69) is 43.4 Å². The first-order valence-corrected chi connectivity index (χ1v) is 8.64. The molecule has 0 spiro atoms. The lowest BCUT2D eigenvalue weighted by atomic mass is 9.98. The predicted octanol–water partition coefficient (Wildman–Crippen LogP) is 4.23. The molecular weight excluding hydrogens is 258 g/mol. The van der Waals surface area contributed by atoms with Crippen molar-refractivity contribution < 1.29 is 5.11 Å². The van der Waals surface area contributed by atoms with Crippen molar-refractivity contribution in [2.75, 3.05) is 6.61 Å². The van der Waals surface area contributed by atoms with Crippen molar-refractivity contribution in [1.29, 1.82) is 0 Å². The van der Waals surface area contributed by atoms with Gasteiger partial charge in [-0.3, -0.25) is 0 Å². The maximum Gasteiger partial charge on any atom is 0.0626 e. The number of aliphatic hydroxyl groups excluding tert-OH is 1. The van der Waals surface area contributed by atoms with E-state index in [1.165, 1.54) is 49.7 Å². The largest absolute Gasteiger partial charge is 0.394 e. The van der Waals surface area contributed by atoms with Crippen molar-refractivity contribution >= 4 is 0 Å². The number of hydrogen-bond acceptors (Lipinski definition) is 2. The van der Waals surface area contributed by atoms with E-state index in [0.29, 0.717) is 12.0 Å². The molecular formula is C19H31NO. The lowest BCUT2D eigenvalue weighted by Crippen LogP contribution is -2.34. The van der Waals surface area contributed by atoms with E-state index in [1.54, 1.807) is 0 Å². The van der Waals surface area contributed by atoms with Crippen LogP contribution < -0.4 is 5.32 Å². The minimum atomic E-state index is 0.0844. The Hall–Kier alpha value is -0.860. The van der Waals surface area contributed by atoms with Gasteiger partial charge in [-0.1, -0.05) is 63.8 Å². The lowest BCUT2D eigenvalue weighted by Gasteiger charge is -2.24. The molecule has 1 aliphatic rings. The van der Waals surface area contributed by atoms with Gasteiger partial charge in [-0.15, -0.1) is 0 Å². The zero-order valence-corrected chi connectivity index (χ0v) is 13.6. The molecule has 1 aromatic carbocycles. The highest BCUT2D eigenvalue weighted by molar-refractivity contribution is 5.25. The number of rotatable bonds is 6. The van der Waals surface area contributed by atoms with Gasteiger partial charge in [-0.2, -0.15) is 0 Å². The van der Waals surface area contributed by atoms with E-state index in [0.717, 1.165) is 6.42 Å². The van der Waals surface area contributed by atoms with Crippen LogP contribution in [0, 0.1) is 5.92 Å². The predicted molar refractivity (Wildman–Crippen MR) is 89.4 cm³/mol. The molecule has 2 heteroatoms. The first kappa shape index (κ1) is 16.5. The van der Waals surface area contributed by atoms with E-state index in [-0.39, 0.29) is 12.6 Å². The van der Waals surface area contributed by atoms with Crippen molar-refractivity contribution in [2.45, 2.75) is 70.9 Å². The highest BCUT2D eigenvalue weighted by atomic mass is 16.3. The molecule has 118 valence electrons. The maximum atomic E-state index is 9.73. The summed E-state index contributed by atoms with van der Waals surface area (Å²) in [6.45, 7) is 4.68. The first-order chi connectivity index (χ1) is 10.2. The molecule has 1 aromatic rings. The molecule has 0 heterocycles. The molecule has 1 fully saturated rings. The Kier molecular flexibility index (Phi) is 6.72. The number of hydrogen-bond donors (Lipinski definition) is 2. The van der Waals surface area contributed by atoms with Gasteiger partial charge in [0.1, 0.15) is 0 Å². The summed E-state index contributed by atoms with van der Waals surface area (Å²) >= 11 is 0. The van der Waals surface area contributed by atoms with Crippen LogP contribution in [0.1, 0.15) is 69.5 Å². The van der Waals surface area contributed by atoms with Gasteiger partial charge < -0.3 is 10.4 Å². The second-order valence-corrected chi connectivity index (χ2v) is 6.93. The van der Waals surface area contributed by atoms with Crippen LogP contribution in [0.5, 0.6) is 0 Å². The van der Waals surface area contributed by atoms with Crippen LogP contribution in [0.3, 0.4) is 0 Å². The van der Waals surface area contributed by atoms with Gasteiger partial charge >= 0.3 is 0 Å². The zero-order chi connectivity index (χ0) is 15.1. The van der Waals surface area contributed by atoms with Gasteiger partial charge in [0.2, 0.25) is 0 Å². The van der Waals surface area contributed by atoms with Crippen LogP contribution in [0.15, 0.2) is 24.3 Å². The lowest BCUT2D eigenvalue weighted by molar-refractivity contribution is 0.228. The summed E-state index contributed by atoms with van der Waals surface area (Å²) in [6, 6.07) is 9.45. The van der Waals surface area contributed by atoms with Crippen molar-refractivity contribution in [3.63, 3.8) is 0 Å². The van der Waals surface area contributed by atoms with E-state index >= 15 is 0 Å². The van der Waals surface area contributed by atoms with Crippen molar-refractivity contribution in [3.8, 4) is 0 Å². The SMILES string of the molecule is CC(C)Cc1ccc(C(CO)NC2CCCCCC2)cc1. The average molecular weight is 289 g/mol. The molecule has 1 unspecified atom stereocenters. The van der Waals surface area contributed by atoms with Crippen LogP contribution in [-0.2, 0) is 6.42 Å². The average Bonchev–Trinajstić information content (AvgIpc) is 2.74. The molecule has 1 saturated carbocycles. The number of aliphatic hydroxyl groups is 1. The van der Waals surface area contributed by atoms with Gasteiger partial charge in [0.25, 0.3) is 0 Å². The van der Waals surface area contributed by atoms with Crippen LogP contribution in [0.25, 0.3) is 0 Å². The number of benzene rings is 1. The molecule has 1 atom stereocenters. The summed E-state index contributed by atoms with van der Waals surface area (Å²) in [7, 11) is 0. The van der Waals surface area contributed by atoms with Crippen molar-refractivity contribution in [1.82, 2.24) is 5.32 Å². The summed E-state index contributed by atoms with van der Waals surface area (Å²) in [5.41, 5.74) is 2.61. The Balaban J connectivity index is 1.96.